The number of nitrogens with zero attached hydrogens (tertiary/aromatic N) is 3. The van der Waals surface area contributed by atoms with E-state index in [1.165, 1.54) is 25.4 Å². The molecule has 0 N–H and O–H groups in total. The molecule has 3 rings (SSSR count). The first kappa shape index (κ1) is 18.6. The van der Waals surface area contributed by atoms with Crippen LogP contribution in [0.2, 0.25) is 0 Å². The van der Waals surface area contributed by atoms with E-state index in [0.29, 0.717) is 6.07 Å². The Labute approximate surface area is 149 Å². The van der Waals surface area contributed by atoms with E-state index in [1.54, 1.807) is 6.07 Å². The molecule has 1 saturated heterocycles. The average Bonchev–Trinajstić information content (AvgIpc) is 2.64. The van der Waals surface area contributed by atoms with Gasteiger partial charge < -0.3 is 4.90 Å². The second-order valence-corrected chi connectivity index (χ2v) is 8.33. The molecule has 0 saturated carbocycles. The van der Waals surface area contributed by atoms with Gasteiger partial charge in [0.05, 0.1) is 23.0 Å². The Balaban J connectivity index is 1.81. The predicted octanol–water partition coefficient (Wildman–Crippen LogP) is 3.21. The number of anilines is 1. The van der Waals surface area contributed by atoms with E-state index in [9.17, 15) is 21.6 Å². The van der Waals surface area contributed by atoms with Crippen molar-refractivity contribution in [3.8, 4) is 0 Å². The predicted molar refractivity (Wildman–Crippen MR) is 90.2 cm³/mol. The summed E-state index contributed by atoms with van der Waals surface area (Å²) < 4.78 is 68.2. The van der Waals surface area contributed by atoms with E-state index in [-0.39, 0.29) is 31.5 Å². The van der Waals surface area contributed by atoms with E-state index in [2.05, 4.69) is 10.2 Å². The summed E-state index contributed by atoms with van der Waals surface area (Å²) in [7, 11) is -4.99. The molecule has 0 amide bonds. The smallest absolute Gasteiger partial charge is 0.352 e. The highest BCUT2D eigenvalue weighted by molar-refractivity contribution is 7.92. The summed E-state index contributed by atoms with van der Waals surface area (Å²) in [5.41, 5.74) is 0.858. The number of aromatic nitrogens is 2. The van der Waals surface area contributed by atoms with Crippen molar-refractivity contribution in [3.05, 3.63) is 48.0 Å². The summed E-state index contributed by atoms with van der Waals surface area (Å²) in [6, 6.07) is 4.62. The van der Waals surface area contributed by atoms with Crippen LogP contribution in [0.3, 0.4) is 0 Å². The van der Waals surface area contributed by atoms with E-state index >= 15 is 0 Å². The molecule has 0 atom stereocenters. The standard InChI is InChI=1S/C17H18F3N3O2S/c1-12-2-3-14(18)10-16(12)26(24,25)17(19,20)13-5-8-23(9-6-13)15-4-7-21-22-11-15/h2-4,7,10-11,13H,5-6,8-9H2,1H3. The van der Waals surface area contributed by atoms with Crippen LogP contribution in [-0.2, 0) is 9.84 Å². The molecule has 26 heavy (non-hydrogen) atoms. The van der Waals surface area contributed by atoms with Crippen LogP contribution in [0.15, 0.2) is 41.6 Å². The molecule has 0 radical (unpaired) electrons. The molecule has 0 unspecified atom stereocenters. The number of piperidine rings is 1. The van der Waals surface area contributed by atoms with Crippen molar-refractivity contribution >= 4 is 15.5 Å². The van der Waals surface area contributed by atoms with E-state index in [1.807, 2.05) is 4.90 Å². The van der Waals surface area contributed by atoms with Gasteiger partial charge >= 0.3 is 5.25 Å². The highest BCUT2D eigenvalue weighted by Crippen LogP contribution is 2.42. The van der Waals surface area contributed by atoms with Gasteiger partial charge in [0.1, 0.15) is 5.82 Å². The van der Waals surface area contributed by atoms with Gasteiger partial charge in [-0.3, -0.25) is 0 Å². The Hall–Kier alpha value is -2.16. The maximum Gasteiger partial charge on any atom is 0.352 e. The number of benzene rings is 1. The van der Waals surface area contributed by atoms with Crippen molar-refractivity contribution in [2.24, 2.45) is 5.92 Å². The zero-order valence-corrected chi connectivity index (χ0v) is 14.9. The first-order valence-electron chi connectivity index (χ1n) is 8.13. The summed E-state index contributed by atoms with van der Waals surface area (Å²) in [6.45, 7) is 1.94. The average molecular weight is 385 g/mol. The van der Waals surface area contributed by atoms with Crippen LogP contribution in [0.1, 0.15) is 18.4 Å². The highest BCUT2D eigenvalue weighted by Gasteiger charge is 2.53. The van der Waals surface area contributed by atoms with Crippen LogP contribution in [0.25, 0.3) is 0 Å². The maximum absolute atomic E-state index is 14.9. The van der Waals surface area contributed by atoms with Gasteiger partial charge in [-0.05, 0) is 43.5 Å². The number of alkyl halides is 2. The SMILES string of the molecule is Cc1ccc(F)cc1S(=O)(=O)C(F)(F)C1CCN(c2ccnnc2)CC1. The molecule has 0 bridgehead atoms. The van der Waals surface area contributed by atoms with Gasteiger partial charge in [0.2, 0.25) is 9.84 Å². The lowest BCUT2D eigenvalue weighted by atomic mass is 9.97. The van der Waals surface area contributed by atoms with Crippen molar-refractivity contribution in [2.75, 3.05) is 18.0 Å². The van der Waals surface area contributed by atoms with Crippen LogP contribution in [-0.4, -0.2) is 37.0 Å². The summed E-state index contributed by atoms with van der Waals surface area (Å²) in [5.74, 6) is -2.19. The van der Waals surface area contributed by atoms with Gasteiger partial charge in [-0.2, -0.15) is 19.0 Å². The van der Waals surface area contributed by atoms with E-state index in [0.717, 1.165) is 11.8 Å². The quantitative estimate of drug-likeness (QED) is 0.809. The van der Waals surface area contributed by atoms with Gasteiger partial charge in [0.25, 0.3) is 0 Å². The molecule has 5 nitrogen and oxygen atoms in total. The topological polar surface area (TPSA) is 63.2 Å². The van der Waals surface area contributed by atoms with E-state index < -0.39 is 31.7 Å². The van der Waals surface area contributed by atoms with Gasteiger partial charge in [0, 0.05) is 19.0 Å². The minimum atomic E-state index is -4.99. The van der Waals surface area contributed by atoms with Gasteiger partial charge in [-0.25, -0.2) is 12.8 Å². The van der Waals surface area contributed by atoms with Crippen molar-refractivity contribution < 1.29 is 21.6 Å². The largest absolute Gasteiger partial charge is 0.370 e. The van der Waals surface area contributed by atoms with Crippen molar-refractivity contribution in [2.45, 2.75) is 29.9 Å². The number of hydrogen-bond donors (Lipinski definition) is 0. The maximum atomic E-state index is 14.9. The molecule has 0 aliphatic carbocycles. The molecule has 0 spiro atoms. The first-order chi connectivity index (χ1) is 12.2. The number of sulfone groups is 1. The van der Waals surface area contributed by atoms with Crippen LogP contribution in [0.4, 0.5) is 18.9 Å². The Kier molecular flexibility index (Phi) is 4.92. The molecule has 1 aliphatic heterocycles. The van der Waals surface area contributed by atoms with Gasteiger partial charge in [-0.1, -0.05) is 6.07 Å². The minimum Gasteiger partial charge on any atom is -0.370 e. The van der Waals surface area contributed by atoms with Crippen LogP contribution >= 0.6 is 0 Å². The molecule has 1 aliphatic rings. The molecular formula is C17H18F3N3O2S. The molecule has 9 heteroatoms. The summed E-state index contributed by atoms with van der Waals surface area (Å²) in [6.07, 6.45) is 3.05. The van der Waals surface area contributed by atoms with Gasteiger partial charge in [0.15, 0.2) is 0 Å². The Bertz CT molecular complexity index is 883. The fraction of sp³-hybridized carbons (Fsp3) is 0.412. The lowest BCUT2D eigenvalue weighted by molar-refractivity contribution is 0.0149. The van der Waals surface area contributed by atoms with Crippen molar-refractivity contribution in [1.29, 1.82) is 0 Å². The number of aryl methyl sites for hydroxylation is 1. The van der Waals surface area contributed by atoms with Crippen molar-refractivity contribution in [1.82, 2.24) is 10.2 Å². The molecule has 2 heterocycles. The third kappa shape index (κ3) is 3.27. The minimum absolute atomic E-state index is 0.00289. The molecule has 1 aromatic carbocycles. The lowest BCUT2D eigenvalue weighted by Crippen LogP contribution is -2.45. The van der Waals surface area contributed by atoms with Crippen LogP contribution in [0, 0.1) is 18.7 Å². The number of hydrogen-bond acceptors (Lipinski definition) is 5. The highest BCUT2D eigenvalue weighted by atomic mass is 32.2. The van der Waals surface area contributed by atoms with Crippen LogP contribution in [0.5, 0.6) is 0 Å². The molecular weight excluding hydrogens is 367 g/mol. The zero-order chi connectivity index (χ0) is 18.9. The summed E-state index contributed by atoms with van der Waals surface area (Å²) >= 11 is 0. The first-order valence-corrected chi connectivity index (χ1v) is 9.62. The Morgan fingerprint density at radius 1 is 1.15 bits per heavy atom. The second-order valence-electron chi connectivity index (χ2n) is 6.34. The third-order valence-corrected chi connectivity index (χ3v) is 6.77. The molecule has 1 fully saturated rings. The van der Waals surface area contributed by atoms with Crippen molar-refractivity contribution in [3.63, 3.8) is 0 Å². The summed E-state index contributed by atoms with van der Waals surface area (Å²) in [5, 5.41) is 3.46. The fourth-order valence-electron chi connectivity index (χ4n) is 3.17. The summed E-state index contributed by atoms with van der Waals surface area (Å²) in [4.78, 5) is 1.21. The Morgan fingerprint density at radius 2 is 1.85 bits per heavy atom. The molecule has 1 aromatic heterocycles. The van der Waals surface area contributed by atoms with Gasteiger partial charge in [-0.15, -0.1) is 0 Å². The Morgan fingerprint density at radius 3 is 2.46 bits per heavy atom. The lowest BCUT2D eigenvalue weighted by Gasteiger charge is -2.36. The zero-order valence-electron chi connectivity index (χ0n) is 14.1. The van der Waals surface area contributed by atoms with Crippen LogP contribution < -0.4 is 4.90 Å². The second kappa shape index (κ2) is 6.86. The van der Waals surface area contributed by atoms with E-state index in [4.69, 9.17) is 0 Å². The third-order valence-electron chi connectivity index (χ3n) is 4.70. The molecule has 140 valence electrons. The number of rotatable bonds is 4. The number of halogens is 3. The molecule has 2 aromatic rings. The normalized spacial score (nSPS) is 16.7. The fourth-order valence-corrected chi connectivity index (χ4v) is 4.90. The monoisotopic (exact) mass is 385 g/mol.